The van der Waals surface area contributed by atoms with E-state index >= 15 is 0 Å². The Morgan fingerprint density at radius 1 is 0.706 bits per heavy atom. The molecule has 0 aliphatic carbocycles. The van der Waals surface area contributed by atoms with Crippen LogP contribution in [-0.4, -0.2) is 12.3 Å². The van der Waals surface area contributed by atoms with Crippen LogP contribution in [0.4, 0.5) is 0 Å². The van der Waals surface area contributed by atoms with Crippen molar-refractivity contribution in [1.82, 2.24) is 0 Å². The van der Waals surface area contributed by atoms with Gasteiger partial charge in [-0.1, -0.05) is 72.1 Å². The summed E-state index contributed by atoms with van der Waals surface area (Å²) in [6.45, 7) is 7.04. The Morgan fingerprint density at radius 2 is 1.29 bits per heavy atom. The van der Waals surface area contributed by atoms with E-state index in [-0.39, 0.29) is 0 Å². The Labute approximate surface area is 112 Å². The quantitative estimate of drug-likeness (QED) is 0.271. The Balaban J connectivity index is 3.08. The van der Waals surface area contributed by atoms with Crippen molar-refractivity contribution in [2.24, 2.45) is 5.92 Å². The predicted octanol–water partition coefficient (Wildman–Crippen LogP) is 6.24. The van der Waals surface area contributed by atoms with Crippen LogP contribution in [0, 0.1) is 5.92 Å². The molecule has 1 heteroatoms. The molecule has 0 aromatic carbocycles. The molecule has 0 saturated heterocycles. The molecule has 0 bridgehead atoms. The zero-order chi connectivity index (χ0) is 12.8. The standard InChI is InChI=1S/C16H35P/c1-4-6-8-9-12-16(3)13-11-15-17-14-10-7-5-2/h16-17H,4-15H2,1-3H3. The fourth-order valence-electron chi connectivity index (χ4n) is 2.26. The lowest BCUT2D eigenvalue weighted by Gasteiger charge is -2.10. The minimum absolute atomic E-state index is 0.979. The lowest BCUT2D eigenvalue weighted by atomic mass is 9.98. The monoisotopic (exact) mass is 258 g/mol. The van der Waals surface area contributed by atoms with E-state index in [9.17, 15) is 0 Å². The maximum Gasteiger partial charge on any atom is -0.0353 e. The molecule has 0 saturated carbocycles. The minimum atomic E-state index is 0.979. The van der Waals surface area contributed by atoms with E-state index in [0.717, 1.165) is 5.92 Å². The van der Waals surface area contributed by atoms with Crippen LogP contribution >= 0.6 is 8.58 Å². The SMILES string of the molecule is CCCCCCC(C)CCCPCCCCC. The largest absolute Gasteiger partial charge is 0.122 e. The van der Waals surface area contributed by atoms with Crippen LogP contribution in [0.2, 0.25) is 0 Å². The van der Waals surface area contributed by atoms with Gasteiger partial charge in [-0.3, -0.25) is 0 Å². The first kappa shape index (κ1) is 17.4. The summed E-state index contributed by atoms with van der Waals surface area (Å²) in [5, 5.41) is 0. The normalized spacial score (nSPS) is 13.6. The molecule has 17 heavy (non-hydrogen) atoms. The molecule has 2 unspecified atom stereocenters. The van der Waals surface area contributed by atoms with Gasteiger partial charge in [-0.25, -0.2) is 0 Å². The molecule has 0 N–H and O–H groups in total. The van der Waals surface area contributed by atoms with E-state index in [2.05, 4.69) is 20.8 Å². The Hall–Kier alpha value is 0.430. The molecular weight excluding hydrogens is 223 g/mol. The zero-order valence-electron chi connectivity index (χ0n) is 12.6. The topological polar surface area (TPSA) is 0 Å². The van der Waals surface area contributed by atoms with Crippen LogP contribution in [0.25, 0.3) is 0 Å². The average Bonchev–Trinajstić information content (AvgIpc) is 2.33. The number of hydrogen-bond acceptors (Lipinski definition) is 0. The summed E-state index contributed by atoms with van der Waals surface area (Å²) in [6, 6.07) is 0. The lowest BCUT2D eigenvalue weighted by molar-refractivity contribution is 0.456. The summed E-state index contributed by atoms with van der Waals surface area (Å²) in [4.78, 5) is 0. The van der Waals surface area contributed by atoms with Crippen molar-refractivity contribution < 1.29 is 0 Å². The number of unbranched alkanes of at least 4 members (excludes halogenated alkanes) is 5. The highest BCUT2D eigenvalue weighted by atomic mass is 31.1. The maximum absolute atomic E-state index is 2.45. The third kappa shape index (κ3) is 14.4. The van der Waals surface area contributed by atoms with Crippen LogP contribution in [0.1, 0.15) is 85.0 Å². The summed E-state index contributed by atoms with van der Waals surface area (Å²) in [5.41, 5.74) is 0. The van der Waals surface area contributed by atoms with Crippen molar-refractivity contribution in [2.45, 2.75) is 85.0 Å². The van der Waals surface area contributed by atoms with Gasteiger partial charge in [-0.15, -0.1) is 8.58 Å². The first-order chi connectivity index (χ1) is 8.31. The molecule has 2 atom stereocenters. The van der Waals surface area contributed by atoms with Gasteiger partial charge in [0, 0.05) is 0 Å². The summed E-state index contributed by atoms with van der Waals surface area (Å²) in [6.07, 6.45) is 17.5. The smallest absolute Gasteiger partial charge is 0.0353 e. The fourth-order valence-corrected chi connectivity index (χ4v) is 3.47. The second-order valence-corrected chi connectivity index (χ2v) is 7.05. The van der Waals surface area contributed by atoms with E-state index in [0.29, 0.717) is 0 Å². The van der Waals surface area contributed by atoms with Gasteiger partial charge in [0.25, 0.3) is 0 Å². The van der Waals surface area contributed by atoms with Gasteiger partial charge >= 0.3 is 0 Å². The van der Waals surface area contributed by atoms with E-state index in [1.807, 2.05) is 0 Å². The van der Waals surface area contributed by atoms with E-state index in [1.165, 1.54) is 85.1 Å². The van der Waals surface area contributed by atoms with Crippen molar-refractivity contribution in [1.29, 1.82) is 0 Å². The second-order valence-electron chi connectivity index (χ2n) is 5.55. The van der Waals surface area contributed by atoms with E-state index in [4.69, 9.17) is 0 Å². The highest BCUT2D eigenvalue weighted by Crippen LogP contribution is 2.20. The van der Waals surface area contributed by atoms with Gasteiger partial charge in [0.1, 0.15) is 0 Å². The van der Waals surface area contributed by atoms with Crippen molar-refractivity contribution in [3.05, 3.63) is 0 Å². The molecule has 0 amide bonds. The van der Waals surface area contributed by atoms with Crippen molar-refractivity contribution in [3.63, 3.8) is 0 Å². The van der Waals surface area contributed by atoms with E-state index < -0.39 is 0 Å². The van der Waals surface area contributed by atoms with Crippen molar-refractivity contribution in [3.8, 4) is 0 Å². The summed E-state index contributed by atoms with van der Waals surface area (Å²) in [5.74, 6) is 0.979. The molecule has 104 valence electrons. The number of hydrogen-bond donors (Lipinski definition) is 0. The summed E-state index contributed by atoms with van der Waals surface area (Å²) in [7, 11) is 1.24. The van der Waals surface area contributed by atoms with Gasteiger partial charge in [-0.2, -0.15) is 0 Å². The van der Waals surface area contributed by atoms with Crippen LogP contribution in [-0.2, 0) is 0 Å². The molecular formula is C16H35P. The van der Waals surface area contributed by atoms with Gasteiger partial charge in [0.05, 0.1) is 0 Å². The molecule has 0 rings (SSSR count). The molecule has 0 heterocycles. The highest BCUT2D eigenvalue weighted by molar-refractivity contribution is 7.37. The van der Waals surface area contributed by atoms with E-state index in [1.54, 1.807) is 0 Å². The predicted molar refractivity (Wildman–Crippen MR) is 84.7 cm³/mol. The Bertz CT molecular complexity index is 133. The van der Waals surface area contributed by atoms with Gasteiger partial charge in [-0.05, 0) is 31.1 Å². The molecule has 0 aromatic heterocycles. The first-order valence-corrected chi connectivity index (χ1v) is 9.43. The summed E-state index contributed by atoms with van der Waals surface area (Å²) >= 11 is 0. The third-order valence-corrected chi connectivity index (χ3v) is 4.97. The maximum atomic E-state index is 2.45. The van der Waals surface area contributed by atoms with Crippen molar-refractivity contribution >= 4 is 8.58 Å². The third-order valence-electron chi connectivity index (χ3n) is 3.56. The molecule has 0 aromatic rings. The molecule has 0 nitrogen and oxygen atoms in total. The molecule has 0 aliphatic rings. The minimum Gasteiger partial charge on any atom is -0.122 e. The zero-order valence-corrected chi connectivity index (χ0v) is 13.6. The average molecular weight is 258 g/mol. The Morgan fingerprint density at radius 3 is 2.00 bits per heavy atom. The van der Waals surface area contributed by atoms with Gasteiger partial charge in [0.15, 0.2) is 0 Å². The summed E-state index contributed by atoms with van der Waals surface area (Å²) < 4.78 is 0. The van der Waals surface area contributed by atoms with Crippen LogP contribution in [0.15, 0.2) is 0 Å². The lowest BCUT2D eigenvalue weighted by Crippen LogP contribution is -1.96. The molecule has 0 radical (unpaired) electrons. The second kappa shape index (κ2) is 14.5. The van der Waals surface area contributed by atoms with Crippen LogP contribution in [0.5, 0.6) is 0 Å². The highest BCUT2D eigenvalue weighted by Gasteiger charge is 2.01. The first-order valence-electron chi connectivity index (χ1n) is 8.02. The van der Waals surface area contributed by atoms with Gasteiger partial charge in [0.2, 0.25) is 0 Å². The molecule has 0 fully saturated rings. The van der Waals surface area contributed by atoms with Crippen LogP contribution in [0.3, 0.4) is 0 Å². The fraction of sp³-hybridized carbons (Fsp3) is 1.00. The van der Waals surface area contributed by atoms with Crippen molar-refractivity contribution in [2.75, 3.05) is 12.3 Å². The number of rotatable bonds is 13. The molecule has 0 aliphatic heterocycles. The van der Waals surface area contributed by atoms with Crippen LogP contribution < -0.4 is 0 Å². The molecule has 0 spiro atoms. The van der Waals surface area contributed by atoms with Gasteiger partial charge < -0.3 is 0 Å². The Kier molecular flexibility index (Phi) is 14.9.